The molecule has 1 aromatic heterocycles. The number of piperazine rings is 1. The molecule has 2 aromatic rings. The van der Waals surface area contributed by atoms with Crippen molar-refractivity contribution in [2.24, 2.45) is 0 Å². The molecule has 2 aliphatic rings. The SMILES string of the molecule is Cc1cc(C)c(CN2CCN(C3CCN(C)CC3)C(CCO)C2)c(-n2cccn2)c1. The van der Waals surface area contributed by atoms with Gasteiger partial charge in [-0.1, -0.05) is 6.07 Å². The summed E-state index contributed by atoms with van der Waals surface area (Å²) in [6, 6.07) is 7.62. The quantitative estimate of drug-likeness (QED) is 0.791. The summed E-state index contributed by atoms with van der Waals surface area (Å²) in [4.78, 5) is 7.72. The molecular formula is C24H37N5O. The van der Waals surface area contributed by atoms with E-state index in [2.05, 4.69) is 52.8 Å². The Labute approximate surface area is 181 Å². The fourth-order valence-electron chi connectivity index (χ4n) is 5.31. The van der Waals surface area contributed by atoms with Crippen LogP contribution in [0.15, 0.2) is 30.6 Å². The maximum atomic E-state index is 9.73. The number of rotatable bonds is 6. The molecule has 2 aliphatic heterocycles. The van der Waals surface area contributed by atoms with Crippen LogP contribution >= 0.6 is 0 Å². The Morgan fingerprint density at radius 3 is 2.60 bits per heavy atom. The van der Waals surface area contributed by atoms with Crippen LogP contribution in [0.3, 0.4) is 0 Å². The third-order valence-corrected chi connectivity index (χ3v) is 6.96. The summed E-state index contributed by atoms with van der Waals surface area (Å²) in [6.07, 6.45) is 7.24. The maximum absolute atomic E-state index is 9.73. The first-order chi connectivity index (χ1) is 14.5. The van der Waals surface area contributed by atoms with Crippen LogP contribution in [0.5, 0.6) is 0 Å². The third kappa shape index (κ3) is 4.78. The topological polar surface area (TPSA) is 47.8 Å². The number of hydrogen-bond donors (Lipinski definition) is 1. The molecular weight excluding hydrogens is 374 g/mol. The number of aliphatic hydroxyl groups is 1. The van der Waals surface area contributed by atoms with Crippen molar-refractivity contribution in [2.75, 3.05) is 46.4 Å². The van der Waals surface area contributed by atoms with E-state index in [1.807, 2.05) is 23.1 Å². The molecule has 3 heterocycles. The summed E-state index contributed by atoms with van der Waals surface area (Å²) in [7, 11) is 2.22. The van der Waals surface area contributed by atoms with Crippen LogP contribution in [0, 0.1) is 13.8 Å². The minimum atomic E-state index is 0.268. The molecule has 6 heteroatoms. The molecule has 30 heavy (non-hydrogen) atoms. The van der Waals surface area contributed by atoms with E-state index in [0.717, 1.165) is 32.6 Å². The number of hydrogen-bond acceptors (Lipinski definition) is 5. The standard InChI is InChI=1S/C24H37N5O/c1-19-15-20(2)23(24(16-19)29-9-4-8-25-29)18-27-12-13-28(22(17-27)7-14-30)21-5-10-26(3)11-6-21/h4,8-9,15-16,21-22,30H,5-7,10-14,17-18H2,1-3H3. The van der Waals surface area contributed by atoms with Crippen molar-refractivity contribution in [1.82, 2.24) is 24.5 Å². The molecule has 1 N–H and O–H groups in total. The van der Waals surface area contributed by atoms with Crippen LogP contribution in [-0.2, 0) is 6.54 Å². The molecule has 0 saturated carbocycles. The molecule has 1 aromatic carbocycles. The van der Waals surface area contributed by atoms with Crippen molar-refractivity contribution in [2.45, 2.75) is 51.7 Å². The zero-order valence-electron chi connectivity index (χ0n) is 18.8. The van der Waals surface area contributed by atoms with Gasteiger partial charge in [-0.25, -0.2) is 4.68 Å². The Bertz CT molecular complexity index is 813. The van der Waals surface area contributed by atoms with Crippen LogP contribution in [-0.4, -0.2) is 88.0 Å². The number of likely N-dealkylation sites (tertiary alicyclic amines) is 1. The van der Waals surface area contributed by atoms with Gasteiger partial charge in [0.05, 0.1) is 5.69 Å². The smallest absolute Gasteiger partial charge is 0.0695 e. The van der Waals surface area contributed by atoms with Crippen LogP contribution in [0.1, 0.15) is 36.0 Å². The highest BCUT2D eigenvalue weighted by Gasteiger charge is 2.33. The Morgan fingerprint density at radius 2 is 1.90 bits per heavy atom. The van der Waals surface area contributed by atoms with Crippen LogP contribution in [0.25, 0.3) is 5.69 Å². The highest BCUT2D eigenvalue weighted by Crippen LogP contribution is 2.27. The first-order valence-electron chi connectivity index (χ1n) is 11.4. The highest BCUT2D eigenvalue weighted by atomic mass is 16.3. The van der Waals surface area contributed by atoms with Gasteiger partial charge in [-0.3, -0.25) is 9.80 Å². The lowest BCUT2D eigenvalue weighted by Crippen LogP contribution is -2.58. The average Bonchev–Trinajstić information content (AvgIpc) is 3.26. The molecule has 0 aliphatic carbocycles. The number of nitrogens with zero attached hydrogens (tertiary/aromatic N) is 5. The van der Waals surface area contributed by atoms with E-state index in [1.165, 1.54) is 48.3 Å². The lowest BCUT2D eigenvalue weighted by molar-refractivity contribution is 0.00593. The third-order valence-electron chi connectivity index (χ3n) is 6.96. The molecule has 0 amide bonds. The number of piperidine rings is 1. The van der Waals surface area contributed by atoms with Gasteiger partial charge in [0.25, 0.3) is 0 Å². The molecule has 4 rings (SSSR count). The summed E-state index contributed by atoms with van der Waals surface area (Å²) in [5.74, 6) is 0. The predicted octanol–water partition coefficient (Wildman–Crippen LogP) is 2.45. The molecule has 0 radical (unpaired) electrons. The lowest BCUT2D eigenvalue weighted by atomic mass is 9.97. The molecule has 1 unspecified atom stereocenters. The largest absolute Gasteiger partial charge is 0.396 e. The zero-order valence-corrected chi connectivity index (χ0v) is 18.8. The minimum Gasteiger partial charge on any atom is -0.396 e. The van der Waals surface area contributed by atoms with Crippen LogP contribution < -0.4 is 0 Å². The van der Waals surface area contributed by atoms with E-state index in [9.17, 15) is 5.11 Å². The van der Waals surface area contributed by atoms with Crippen molar-refractivity contribution in [3.05, 3.63) is 47.3 Å². The monoisotopic (exact) mass is 411 g/mol. The summed E-state index contributed by atoms with van der Waals surface area (Å²) in [5.41, 5.74) is 5.15. The van der Waals surface area contributed by atoms with E-state index in [-0.39, 0.29) is 6.61 Å². The van der Waals surface area contributed by atoms with E-state index in [1.54, 1.807) is 0 Å². The number of benzene rings is 1. The first-order valence-corrected chi connectivity index (χ1v) is 11.4. The Kier molecular flexibility index (Phi) is 6.88. The molecule has 2 saturated heterocycles. The van der Waals surface area contributed by atoms with E-state index in [0.29, 0.717) is 12.1 Å². The van der Waals surface area contributed by atoms with Gasteiger partial charge in [-0.05, 0) is 82.1 Å². The van der Waals surface area contributed by atoms with E-state index >= 15 is 0 Å². The van der Waals surface area contributed by atoms with Crippen molar-refractivity contribution in [3.8, 4) is 5.69 Å². The van der Waals surface area contributed by atoms with Crippen molar-refractivity contribution in [3.63, 3.8) is 0 Å². The Hall–Kier alpha value is -1.73. The van der Waals surface area contributed by atoms with Gasteiger partial charge in [-0.2, -0.15) is 5.10 Å². The summed E-state index contributed by atoms with van der Waals surface area (Å²) < 4.78 is 2.00. The summed E-state index contributed by atoms with van der Waals surface area (Å²) in [6.45, 7) is 11.2. The van der Waals surface area contributed by atoms with Gasteiger partial charge in [0, 0.05) is 57.3 Å². The second-order valence-electron chi connectivity index (χ2n) is 9.20. The Balaban J connectivity index is 1.50. The molecule has 0 spiro atoms. The fraction of sp³-hybridized carbons (Fsp3) is 0.625. The van der Waals surface area contributed by atoms with Crippen molar-refractivity contribution < 1.29 is 5.11 Å². The zero-order chi connectivity index (χ0) is 21.1. The van der Waals surface area contributed by atoms with Gasteiger partial charge in [-0.15, -0.1) is 0 Å². The number of aryl methyl sites for hydroxylation is 2. The first kappa shape index (κ1) is 21.5. The van der Waals surface area contributed by atoms with Crippen molar-refractivity contribution in [1.29, 1.82) is 0 Å². The Morgan fingerprint density at radius 1 is 1.10 bits per heavy atom. The van der Waals surface area contributed by atoms with Crippen molar-refractivity contribution >= 4 is 0 Å². The lowest BCUT2D eigenvalue weighted by Gasteiger charge is -2.47. The molecule has 2 fully saturated rings. The number of aromatic nitrogens is 2. The van der Waals surface area contributed by atoms with Gasteiger partial charge in [0.2, 0.25) is 0 Å². The second kappa shape index (κ2) is 9.60. The van der Waals surface area contributed by atoms with E-state index < -0.39 is 0 Å². The number of aliphatic hydroxyl groups excluding tert-OH is 1. The normalized spacial score (nSPS) is 22.6. The minimum absolute atomic E-state index is 0.268. The molecule has 6 nitrogen and oxygen atoms in total. The van der Waals surface area contributed by atoms with Gasteiger partial charge in [0.1, 0.15) is 0 Å². The molecule has 164 valence electrons. The summed E-state index contributed by atoms with van der Waals surface area (Å²) >= 11 is 0. The van der Waals surface area contributed by atoms with Gasteiger partial charge in [0.15, 0.2) is 0 Å². The highest BCUT2D eigenvalue weighted by molar-refractivity contribution is 5.48. The fourth-order valence-corrected chi connectivity index (χ4v) is 5.31. The second-order valence-corrected chi connectivity index (χ2v) is 9.20. The molecule has 1 atom stereocenters. The van der Waals surface area contributed by atoms with Gasteiger partial charge < -0.3 is 10.0 Å². The van der Waals surface area contributed by atoms with Crippen LogP contribution in [0.2, 0.25) is 0 Å². The summed E-state index contributed by atoms with van der Waals surface area (Å²) in [5, 5.41) is 14.2. The van der Waals surface area contributed by atoms with Gasteiger partial charge >= 0.3 is 0 Å². The van der Waals surface area contributed by atoms with Crippen LogP contribution in [0.4, 0.5) is 0 Å². The predicted molar refractivity (Wildman–Crippen MR) is 121 cm³/mol. The average molecular weight is 412 g/mol. The van der Waals surface area contributed by atoms with E-state index in [4.69, 9.17) is 0 Å². The maximum Gasteiger partial charge on any atom is 0.0695 e. The molecule has 0 bridgehead atoms.